The molecule has 1 aromatic heterocycles. The first-order valence-electron chi connectivity index (χ1n) is 14.9. The molecule has 3 aromatic rings. The second-order valence-corrected chi connectivity index (χ2v) is 12.5. The van der Waals surface area contributed by atoms with Crippen LogP contribution in [0.1, 0.15) is 69.2 Å². The molecule has 0 N–H and O–H groups in total. The molecule has 40 heavy (non-hydrogen) atoms. The van der Waals surface area contributed by atoms with E-state index in [4.69, 9.17) is 23.0 Å². The Morgan fingerprint density at radius 2 is 1.75 bits per heavy atom. The molecule has 2 aliphatic heterocycles. The Bertz CT molecular complexity index is 1580. The highest BCUT2D eigenvalue weighted by Crippen LogP contribution is 2.52. The lowest BCUT2D eigenvalue weighted by Gasteiger charge is -2.39. The minimum absolute atomic E-state index is 0.120. The van der Waals surface area contributed by atoms with E-state index in [9.17, 15) is 9.59 Å². The molecule has 2 aromatic carbocycles. The Morgan fingerprint density at radius 3 is 2.48 bits per heavy atom. The summed E-state index contributed by atoms with van der Waals surface area (Å²) in [7, 11) is 0. The van der Waals surface area contributed by atoms with Gasteiger partial charge in [-0.25, -0.2) is 0 Å². The highest BCUT2D eigenvalue weighted by Gasteiger charge is 2.46. The van der Waals surface area contributed by atoms with Crippen LogP contribution in [-0.2, 0) is 10.2 Å². The van der Waals surface area contributed by atoms with E-state index in [-0.39, 0.29) is 16.9 Å². The lowest BCUT2D eigenvalue weighted by atomic mass is 9.70. The molecular weight excluding hydrogens is 520 g/mol. The molecule has 0 radical (unpaired) electrons. The van der Waals surface area contributed by atoms with Gasteiger partial charge in [0.1, 0.15) is 5.82 Å². The molecule has 1 amide bonds. The van der Waals surface area contributed by atoms with Gasteiger partial charge in [0, 0.05) is 43.7 Å². The minimum Gasteiger partial charge on any atom is -0.368 e. The Balaban J connectivity index is 1.20. The molecule has 7 heteroatoms. The molecule has 6 nitrogen and oxygen atoms in total. The highest BCUT2D eigenvalue weighted by atomic mass is 35.5. The van der Waals surface area contributed by atoms with Crippen molar-refractivity contribution >= 4 is 34.1 Å². The van der Waals surface area contributed by atoms with E-state index in [1.807, 2.05) is 12.1 Å². The van der Waals surface area contributed by atoms with Crippen LogP contribution in [0.5, 0.6) is 0 Å². The molecule has 0 atom stereocenters. The Kier molecular flexibility index (Phi) is 6.39. The summed E-state index contributed by atoms with van der Waals surface area (Å²) in [6.07, 6.45) is 14.8. The van der Waals surface area contributed by atoms with Gasteiger partial charge in [-0.15, -0.1) is 12.3 Å². The molecule has 4 aliphatic rings. The van der Waals surface area contributed by atoms with Crippen LogP contribution in [0.4, 0.5) is 5.69 Å². The van der Waals surface area contributed by atoms with Crippen molar-refractivity contribution in [2.45, 2.75) is 63.2 Å². The number of rotatable bonds is 2. The third-order valence-corrected chi connectivity index (χ3v) is 10.3. The quantitative estimate of drug-likeness (QED) is 0.382. The summed E-state index contributed by atoms with van der Waals surface area (Å²) in [6.45, 7) is 3.07. The van der Waals surface area contributed by atoms with Gasteiger partial charge >= 0.3 is 0 Å². The van der Waals surface area contributed by atoms with Gasteiger partial charge in [0.25, 0.3) is 5.56 Å². The number of anilines is 1. The number of terminal acetylenes is 1. The van der Waals surface area contributed by atoms with Gasteiger partial charge in [0.15, 0.2) is 0 Å². The second kappa shape index (κ2) is 9.96. The van der Waals surface area contributed by atoms with Gasteiger partial charge in [-0.05, 0) is 68.4 Å². The number of nitrogens with zero attached hydrogens (tertiary/aromatic N) is 4. The predicted octanol–water partition coefficient (Wildman–Crippen LogP) is 5.69. The number of fused-ring (bicyclic) bond motifs is 7. The predicted molar refractivity (Wildman–Crippen MR) is 159 cm³/mol. The van der Waals surface area contributed by atoms with E-state index in [0.717, 1.165) is 100 Å². The van der Waals surface area contributed by atoms with Crippen molar-refractivity contribution in [1.82, 2.24) is 14.5 Å². The summed E-state index contributed by atoms with van der Waals surface area (Å²) in [5, 5.41) is 0.932. The molecule has 2 saturated carbocycles. The molecule has 1 spiro atoms. The van der Waals surface area contributed by atoms with Gasteiger partial charge in [0.2, 0.25) is 5.91 Å². The third-order valence-electron chi connectivity index (χ3n) is 10.0. The van der Waals surface area contributed by atoms with Crippen LogP contribution in [0.15, 0.2) is 41.2 Å². The largest absolute Gasteiger partial charge is 0.368 e. The monoisotopic (exact) mass is 554 g/mol. The fraction of sp³-hybridized carbons (Fsp3) is 0.485. The zero-order chi connectivity index (χ0) is 27.4. The van der Waals surface area contributed by atoms with E-state index in [0.29, 0.717) is 22.2 Å². The maximum Gasteiger partial charge on any atom is 0.282 e. The fourth-order valence-electron chi connectivity index (χ4n) is 7.82. The van der Waals surface area contributed by atoms with Gasteiger partial charge in [-0.3, -0.25) is 14.2 Å². The number of benzene rings is 2. The number of aromatic nitrogens is 2. The van der Waals surface area contributed by atoms with E-state index in [1.165, 1.54) is 12.0 Å². The smallest absolute Gasteiger partial charge is 0.282 e. The van der Waals surface area contributed by atoms with Crippen LogP contribution >= 0.6 is 11.6 Å². The first kappa shape index (κ1) is 25.7. The molecule has 206 valence electrons. The summed E-state index contributed by atoms with van der Waals surface area (Å²) < 4.78 is 2.21. The van der Waals surface area contributed by atoms with Crippen LogP contribution in [-0.4, -0.2) is 46.5 Å². The van der Waals surface area contributed by atoms with Crippen molar-refractivity contribution in [2.24, 2.45) is 11.8 Å². The summed E-state index contributed by atoms with van der Waals surface area (Å²) in [5.41, 5.74) is 3.89. The first-order valence-corrected chi connectivity index (χ1v) is 15.2. The standard InChI is InChI=1S/C33H35ClN4O2/c1-2-22-9-11-23(12-10-22)31(40)37-19-17-36(18-20-37)24-13-14-25-28(21-24)38-27-8-6-7-26(34)29(27)30(39)35-32(38)33(25)15-4-3-5-16-33/h1,6-8,13-14,21-23H,3-5,9-12,15-20H2. The van der Waals surface area contributed by atoms with Crippen LogP contribution in [0.2, 0.25) is 5.02 Å². The van der Waals surface area contributed by atoms with Crippen LogP contribution < -0.4 is 10.5 Å². The summed E-state index contributed by atoms with van der Waals surface area (Å²) in [4.78, 5) is 35.6. The van der Waals surface area contributed by atoms with Gasteiger partial charge in [-0.2, -0.15) is 4.98 Å². The molecule has 2 aliphatic carbocycles. The summed E-state index contributed by atoms with van der Waals surface area (Å²) in [5.74, 6) is 4.49. The number of hydrogen-bond donors (Lipinski definition) is 0. The van der Waals surface area contributed by atoms with Crippen molar-refractivity contribution in [2.75, 3.05) is 31.1 Å². The van der Waals surface area contributed by atoms with Crippen LogP contribution in [0.25, 0.3) is 16.6 Å². The van der Waals surface area contributed by atoms with Gasteiger partial charge < -0.3 is 9.80 Å². The lowest BCUT2D eigenvalue weighted by Crippen LogP contribution is -2.50. The minimum atomic E-state index is -0.238. The molecule has 3 fully saturated rings. The highest BCUT2D eigenvalue weighted by molar-refractivity contribution is 6.35. The number of hydrogen-bond acceptors (Lipinski definition) is 4. The van der Waals surface area contributed by atoms with E-state index in [2.05, 4.69) is 38.5 Å². The fourth-order valence-corrected chi connectivity index (χ4v) is 8.07. The average Bonchev–Trinajstić information content (AvgIpc) is 3.25. The molecule has 7 rings (SSSR count). The van der Waals surface area contributed by atoms with E-state index >= 15 is 0 Å². The topological polar surface area (TPSA) is 58.4 Å². The normalized spacial score (nSPS) is 23.6. The maximum atomic E-state index is 13.2. The number of amides is 1. The average molecular weight is 555 g/mol. The van der Waals surface area contributed by atoms with Crippen molar-refractivity contribution in [3.63, 3.8) is 0 Å². The van der Waals surface area contributed by atoms with Gasteiger partial charge in [-0.1, -0.05) is 43.0 Å². The Hall–Kier alpha value is -3.30. The maximum absolute atomic E-state index is 13.2. The van der Waals surface area contributed by atoms with E-state index in [1.54, 1.807) is 6.07 Å². The van der Waals surface area contributed by atoms with Crippen molar-refractivity contribution in [3.05, 3.63) is 63.2 Å². The number of carbonyl (C=O) groups is 1. The Labute approximate surface area is 240 Å². The molecular formula is C33H35ClN4O2. The second-order valence-electron chi connectivity index (χ2n) is 12.1. The van der Waals surface area contributed by atoms with Gasteiger partial charge in [0.05, 0.1) is 27.0 Å². The lowest BCUT2D eigenvalue weighted by molar-refractivity contribution is -0.137. The molecule has 1 saturated heterocycles. The molecule has 0 bridgehead atoms. The number of carbonyl (C=O) groups excluding carboxylic acids is 1. The number of piperazine rings is 1. The molecule has 0 unspecified atom stereocenters. The summed E-state index contributed by atoms with van der Waals surface area (Å²) >= 11 is 6.53. The first-order chi connectivity index (χ1) is 19.5. The van der Waals surface area contributed by atoms with Crippen molar-refractivity contribution < 1.29 is 4.79 Å². The van der Waals surface area contributed by atoms with Crippen molar-refractivity contribution in [3.8, 4) is 18.0 Å². The number of halogens is 1. The van der Waals surface area contributed by atoms with Crippen LogP contribution in [0.3, 0.4) is 0 Å². The summed E-state index contributed by atoms with van der Waals surface area (Å²) in [6, 6.07) is 12.5. The SMILES string of the molecule is C#CC1CCC(C(=O)N2CCN(c3ccc4c(c3)-n3c(nc(=O)c5c(Cl)cccc53)C43CCCCC3)CC2)CC1. The molecule has 3 heterocycles. The zero-order valence-corrected chi connectivity index (χ0v) is 23.6. The van der Waals surface area contributed by atoms with E-state index < -0.39 is 0 Å². The van der Waals surface area contributed by atoms with Crippen LogP contribution in [0, 0.1) is 24.2 Å². The third kappa shape index (κ3) is 3.96. The van der Waals surface area contributed by atoms with Crippen molar-refractivity contribution in [1.29, 1.82) is 0 Å². The zero-order valence-electron chi connectivity index (χ0n) is 22.9. The Morgan fingerprint density at radius 1 is 1.00 bits per heavy atom.